The Morgan fingerprint density at radius 3 is 2.69 bits per heavy atom. The van der Waals surface area contributed by atoms with E-state index < -0.39 is 4.92 Å². The van der Waals surface area contributed by atoms with Crippen molar-refractivity contribution in [3.63, 3.8) is 0 Å². The molecule has 0 aliphatic rings. The van der Waals surface area contributed by atoms with Crippen LogP contribution in [0.1, 0.15) is 5.56 Å². The number of nitrogens with one attached hydrogen (secondary N) is 1. The summed E-state index contributed by atoms with van der Waals surface area (Å²) in [5, 5.41) is 17.4. The quantitative estimate of drug-likeness (QED) is 0.360. The molecule has 0 heterocycles. The molecular formula is C7H6BrN3O2. The Bertz CT molecular complexity index is 378. The molecule has 0 atom stereocenters. The van der Waals surface area contributed by atoms with Gasteiger partial charge in [0.05, 0.1) is 9.40 Å². The van der Waals surface area contributed by atoms with Crippen LogP contribution in [0.5, 0.6) is 0 Å². The minimum Gasteiger partial charge on any atom is -0.398 e. The molecule has 68 valence electrons. The van der Waals surface area contributed by atoms with Gasteiger partial charge in [-0.1, -0.05) is 0 Å². The lowest BCUT2D eigenvalue weighted by Gasteiger charge is -2.00. The van der Waals surface area contributed by atoms with Gasteiger partial charge in [-0.15, -0.1) is 0 Å². The summed E-state index contributed by atoms with van der Waals surface area (Å²) in [5.41, 5.74) is 6.05. The molecule has 0 bridgehead atoms. The van der Waals surface area contributed by atoms with Gasteiger partial charge in [0, 0.05) is 23.5 Å². The molecular weight excluding hydrogens is 238 g/mol. The number of nitro groups is 1. The molecule has 5 nitrogen and oxygen atoms in total. The fourth-order valence-electron chi connectivity index (χ4n) is 0.858. The third-order valence-electron chi connectivity index (χ3n) is 1.50. The van der Waals surface area contributed by atoms with Gasteiger partial charge in [-0.3, -0.25) is 10.1 Å². The summed E-state index contributed by atoms with van der Waals surface area (Å²) in [7, 11) is 0. The number of nitrogen functional groups attached to an aromatic ring is 1. The topological polar surface area (TPSA) is 93.0 Å². The molecule has 3 N–H and O–H groups in total. The molecule has 0 aliphatic carbocycles. The van der Waals surface area contributed by atoms with Crippen LogP contribution in [0.4, 0.5) is 11.4 Å². The highest BCUT2D eigenvalue weighted by Crippen LogP contribution is 2.28. The predicted octanol–water partition coefficient (Wildman–Crippen LogP) is 1.94. The molecule has 1 aromatic rings. The average molecular weight is 244 g/mol. The van der Waals surface area contributed by atoms with E-state index in [0.29, 0.717) is 10.0 Å². The van der Waals surface area contributed by atoms with Crippen LogP contribution in [0.3, 0.4) is 0 Å². The lowest BCUT2D eigenvalue weighted by atomic mass is 10.2. The first-order chi connectivity index (χ1) is 6.06. The highest BCUT2D eigenvalue weighted by molar-refractivity contribution is 9.10. The van der Waals surface area contributed by atoms with Crippen LogP contribution < -0.4 is 5.73 Å². The van der Waals surface area contributed by atoms with Gasteiger partial charge in [0.25, 0.3) is 5.69 Å². The predicted molar refractivity (Wildman–Crippen MR) is 53.1 cm³/mol. The van der Waals surface area contributed by atoms with E-state index in [0.717, 1.165) is 6.21 Å². The largest absolute Gasteiger partial charge is 0.398 e. The van der Waals surface area contributed by atoms with Crippen LogP contribution in [0.15, 0.2) is 16.6 Å². The second-order valence-electron chi connectivity index (χ2n) is 2.33. The minimum atomic E-state index is -0.534. The van der Waals surface area contributed by atoms with E-state index in [-0.39, 0.29) is 11.4 Å². The first-order valence-corrected chi connectivity index (χ1v) is 4.09. The van der Waals surface area contributed by atoms with Crippen molar-refractivity contribution in [2.24, 2.45) is 0 Å². The van der Waals surface area contributed by atoms with Gasteiger partial charge in [0.15, 0.2) is 0 Å². The Kier molecular flexibility index (Phi) is 2.62. The molecule has 0 amide bonds. The smallest absolute Gasteiger partial charge is 0.285 e. The van der Waals surface area contributed by atoms with Crippen LogP contribution in [0.25, 0.3) is 0 Å². The molecule has 13 heavy (non-hydrogen) atoms. The number of rotatable bonds is 2. The average Bonchev–Trinajstić information content (AvgIpc) is 2.07. The van der Waals surface area contributed by atoms with Crippen molar-refractivity contribution in [3.8, 4) is 0 Å². The van der Waals surface area contributed by atoms with Gasteiger partial charge >= 0.3 is 0 Å². The SMILES string of the molecule is N=Cc1cc(Br)c([N+](=O)[O-])cc1N. The van der Waals surface area contributed by atoms with Crippen molar-refractivity contribution in [1.82, 2.24) is 0 Å². The fourth-order valence-corrected chi connectivity index (χ4v) is 1.36. The zero-order chi connectivity index (χ0) is 10.0. The lowest BCUT2D eigenvalue weighted by molar-refractivity contribution is -0.385. The fraction of sp³-hybridized carbons (Fsp3) is 0. The van der Waals surface area contributed by atoms with Crippen LogP contribution in [-0.4, -0.2) is 11.1 Å². The number of hydrogen-bond acceptors (Lipinski definition) is 4. The van der Waals surface area contributed by atoms with Crippen molar-refractivity contribution in [3.05, 3.63) is 32.3 Å². The van der Waals surface area contributed by atoms with E-state index >= 15 is 0 Å². The maximum atomic E-state index is 10.4. The van der Waals surface area contributed by atoms with Gasteiger partial charge in [-0.25, -0.2) is 0 Å². The van der Waals surface area contributed by atoms with Crippen molar-refractivity contribution in [2.45, 2.75) is 0 Å². The maximum Gasteiger partial charge on any atom is 0.285 e. The summed E-state index contributed by atoms with van der Waals surface area (Å²) in [6.45, 7) is 0. The van der Waals surface area contributed by atoms with E-state index in [9.17, 15) is 10.1 Å². The summed E-state index contributed by atoms with van der Waals surface area (Å²) in [4.78, 5) is 9.90. The molecule has 0 aliphatic heterocycles. The molecule has 0 unspecified atom stereocenters. The highest BCUT2D eigenvalue weighted by atomic mass is 79.9. The molecule has 6 heteroatoms. The van der Waals surface area contributed by atoms with Crippen LogP contribution in [-0.2, 0) is 0 Å². The number of halogens is 1. The number of benzene rings is 1. The zero-order valence-electron chi connectivity index (χ0n) is 6.45. The summed E-state index contributed by atoms with van der Waals surface area (Å²) in [6, 6.07) is 2.67. The third kappa shape index (κ3) is 1.83. The molecule has 0 saturated carbocycles. The van der Waals surface area contributed by atoms with Crippen LogP contribution in [0.2, 0.25) is 0 Å². The van der Waals surface area contributed by atoms with Crippen molar-refractivity contribution >= 4 is 33.5 Å². The number of anilines is 1. The van der Waals surface area contributed by atoms with E-state index in [1.54, 1.807) is 0 Å². The first-order valence-electron chi connectivity index (χ1n) is 3.30. The van der Waals surface area contributed by atoms with Gasteiger partial charge in [-0.2, -0.15) is 0 Å². The standard InChI is InChI=1S/C7H6BrN3O2/c8-5-1-4(3-9)6(10)2-7(5)11(12)13/h1-3,9H,10H2. The van der Waals surface area contributed by atoms with Gasteiger partial charge in [-0.05, 0) is 22.0 Å². The third-order valence-corrected chi connectivity index (χ3v) is 2.14. The molecule has 0 radical (unpaired) electrons. The van der Waals surface area contributed by atoms with Gasteiger partial charge < -0.3 is 11.1 Å². The summed E-state index contributed by atoms with van der Waals surface area (Å²) in [5.74, 6) is 0. The number of nitro benzene ring substituents is 1. The maximum absolute atomic E-state index is 10.4. The Morgan fingerprint density at radius 1 is 1.62 bits per heavy atom. The number of hydrogen-bond donors (Lipinski definition) is 2. The van der Waals surface area contributed by atoms with Crippen molar-refractivity contribution in [1.29, 1.82) is 5.41 Å². The normalized spacial score (nSPS) is 9.62. The van der Waals surface area contributed by atoms with E-state index in [4.69, 9.17) is 11.1 Å². The monoisotopic (exact) mass is 243 g/mol. The van der Waals surface area contributed by atoms with Gasteiger partial charge in [0.2, 0.25) is 0 Å². The summed E-state index contributed by atoms with van der Waals surface area (Å²) < 4.78 is 0.324. The Labute approximate surface area is 82.3 Å². The molecule has 0 fully saturated rings. The minimum absolute atomic E-state index is 0.0944. The highest BCUT2D eigenvalue weighted by Gasteiger charge is 2.13. The van der Waals surface area contributed by atoms with Crippen molar-refractivity contribution in [2.75, 3.05) is 5.73 Å². The van der Waals surface area contributed by atoms with E-state index in [1.165, 1.54) is 12.1 Å². The molecule has 1 aromatic carbocycles. The zero-order valence-corrected chi connectivity index (χ0v) is 8.04. The number of nitrogens with two attached hydrogens (primary N) is 1. The van der Waals surface area contributed by atoms with Crippen LogP contribution >= 0.6 is 15.9 Å². The summed E-state index contributed by atoms with van der Waals surface area (Å²) >= 11 is 3.02. The molecule has 0 spiro atoms. The molecule has 0 aromatic heterocycles. The Morgan fingerprint density at radius 2 is 2.23 bits per heavy atom. The Hall–Kier alpha value is -1.43. The molecule has 1 rings (SSSR count). The van der Waals surface area contributed by atoms with E-state index in [1.807, 2.05) is 0 Å². The molecule has 0 saturated heterocycles. The van der Waals surface area contributed by atoms with Gasteiger partial charge in [0.1, 0.15) is 0 Å². The second-order valence-corrected chi connectivity index (χ2v) is 3.19. The number of nitrogens with zero attached hydrogens (tertiary/aromatic N) is 1. The summed E-state index contributed by atoms with van der Waals surface area (Å²) in [6.07, 6.45) is 1.05. The van der Waals surface area contributed by atoms with Crippen molar-refractivity contribution < 1.29 is 4.92 Å². The lowest BCUT2D eigenvalue weighted by Crippen LogP contribution is -1.97. The first kappa shape index (κ1) is 9.66. The van der Waals surface area contributed by atoms with E-state index in [2.05, 4.69) is 15.9 Å². The second kappa shape index (κ2) is 3.53. The Balaban J connectivity index is 3.36. The van der Waals surface area contributed by atoms with Crippen LogP contribution in [0, 0.1) is 15.5 Å².